The summed E-state index contributed by atoms with van der Waals surface area (Å²) in [5.74, 6) is 0. The molecule has 0 fully saturated rings. The van der Waals surface area contributed by atoms with Crippen LogP contribution >= 0.6 is 5.01 Å². The van der Waals surface area contributed by atoms with E-state index in [1.54, 1.807) is 18.2 Å². The molecule has 142 valence electrons. The molecule has 6 nitrogen and oxygen atoms in total. The molecule has 0 unspecified atom stereocenters. The van der Waals surface area contributed by atoms with Crippen molar-refractivity contribution >= 4 is 40.4 Å². The Morgan fingerprint density at radius 2 is 0.690 bits per heavy atom. The molecular formula is C18H15K2O6PS2. The van der Waals surface area contributed by atoms with E-state index in [1.165, 1.54) is 72.8 Å². The summed E-state index contributed by atoms with van der Waals surface area (Å²) in [5, 5.41) is -7.05. The molecule has 3 rings (SSSR count). The van der Waals surface area contributed by atoms with Crippen LogP contribution in [0.25, 0.3) is 0 Å². The molecule has 0 aromatic heterocycles. The van der Waals surface area contributed by atoms with E-state index in [2.05, 4.69) is 0 Å². The minimum atomic E-state index is -6.07. The van der Waals surface area contributed by atoms with Crippen LogP contribution in [0.4, 0.5) is 0 Å². The summed E-state index contributed by atoms with van der Waals surface area (Å²) in [4.78, 5) is 0. The summed E-state index contributed by atoms with van der Waals surface area (Å²) in [6.07, 6.45) is 0. The molecule has 0 atom stereocenters. The normalized spacial score (nSPS) is 13.2. The van der Waals surface area contributed by atoms with Crippen molar-refractivity contribution in [2.45, 2.75) is 0 Å². The number of hydrogen-bond donors (Lipinski definition) is 0. The van der Waals surface area contributed by atoms with Gasteiger partial charge in [-0.25, -0.2) is 0 Å². The minimum Gasteiger partial charge on any atom is 1.00 e. The van der Waals surface area contributed by atoms with Crippen molar-refractivity contribution in [3.8, 4) is 0 Å². The van der Waals surface area contributed by atoms with Crippen LogP contribution in [0.1, 0.15) is 0 Å². The average molecular weight is 501 g/mol. The van der Waals surface area contributed by atoms with Crippen molar-refractivity contribution in [3.05, 3.63) is 91.0 Å². The molecule has 0 N–H and O–H groups in total. The Morgan fingerprint density at radius 3 is 0.862 bits per heavy atom. The molecule has 11 heteroatoms. The van der Waals surface area contributed by atoms with Crippen LogP contribution in [0.5, 0.6) is 0 Å². The fourth-order valence-corrected chi connectivity index (χ4v) is 17.8. The molecule has 0 heterocycles. The number of hydrogen-bond acceptors (Lipinski definition) is 6. The second-order valence-corrected chi connectivity index (χ2v) is 18.8. The van der Waals surface area contributed by atoms with E-state index in [-0.39, 0.29) is 119 Å². The molecule has 29 heavy (non-hydrogen) atoms. The maximum absolute atomic E-state index is 12.9. The molecule has 0 amide bonds. The van der Waals surface area contributed by atoms with Crippen molar-refractivity contribution in [1.82, 2.24) is 0 Å². The van der Waals surface area contributed by atoms with E-state index in [0.717, 1.165) is 0 Å². The maximum Gasteiger partial charge on any atom is 1.00 e. The zero-order valence-corrected chi connectivity index (χ0v) is 24.6. The summed E-state index contributed by atoms with van der Waals surface area (Å²) in [6, 6.07) is 20.3. The second-order valence-electron chi connectivity index (χ2n) is 5.82. The predicted molar refractivity (Wildman–Crippen MR) is 105 cm³/mol. The molecule has 0 aliphatic rings. The van der Waals surface area contributed by atoms with Gasteiger partial charge in [0.1, 0.15) is 0 Å². The van der Waals surface area contributed by atoms with E-state index in [0.29, 0.717) is 0 Å². The van der Waals surface area contributed by atoms with Crippen molar-refractivity contribution < 1.29 is 129 Å². The fourth-order valence-electron chi connectivity index (χ4n) is 3.43. The third-order valence-electron chi connectivity index (χ3n) is 4.53. The smallest absolute Gasteiger partial charge is 1.00 e. The van der Waals surface area contributed by atoms with Crippen LogP contribution in [-0.2, 0) is 19.5 Å². The van der Waals surface area contributed by atoms with Gasteiger partial charge in [0, 0.05) is 0 Å². The van der Waals surface area contributed by atoms with Gasteiger partial charge in [-0.2, -0.15) is 0 Å². The van der Waals surface area contributed by atoms with Crippen LogP contribution < -0.4 is 119 Å². The van der Waals surface area contributed by atoms with E-state index < -0.39 is 24.5 Å². The monoisotopic (exact) mass is 500 g/mol. The first-order chi connectivity index (χ1) is 12.7. The van der Waals surface area contributed by atoms with Crippen LogP contribution in [0.2, 0.25) is 0 Å². The SMILES string of the molecule is O=S(=O)([O-])P(c1ccccc1)(c1ccccc1)(c1ccccc1)S(=O)(=O)[O-].[K+].[K+]. The molecule has 3 aromatic rings. The van der Waals surface area contributed by atoms with Gasteiger partial charge in [-0.05, 0) is 0 Å². The Kier molecular flexibility index (Phi) is 10.1. The van der Waals surface area contributed by atoms with Gasteiger partial charge in [-0.1, -0.05) is 0 Å². The minimum absolute atomic E-state index is 0. The van der Waals surface area contributed by atoms with Gasteiger partial charge >= 0.3 is 260 Å². The zero-order valence-electron chi connectivity index (χ0n) is 15.9. The first kappa shape index (κ1) is 28.2. The quantitative estimate of drug-likeness (QED) is 0.198. The van der Waals surface area contributed by atoms with Gasteiger partial charge in [0.15, 0.2) is 0 Å². The Bertz CT molecular complexity index is 1040. The van der Waals surface area contributed by atoms with Crippen molar-refractivity contribution in [3.63, 3.8) is 0 Å². The molecule has 0 spiro atoms. The van der Waals surface area contributed by atoms with E-state index >= 15 is 0 Å². The first-order valence-corrected chi connectivity index (χ1v) is 14.0. The Morgan fingerprint density at radius 1 is 0.483 bits per heavy atom. The molecular weight excluding hydrogens is 485 g/mol. The second kappa shape index (κ2) is 10.4. The van der Waals surface area contributed by atoms with E-state index in [9.17, 15) is 25.9 Å². The fraction of sp³-hybridized carbons (Fsp3) is 0. The van der Waals surface area contributed by atoms with E-state index in [4.69, 9.17) is 0 Å². The standard InChI is InChI=1S/C18H17O6PS2.2K/c19-26(20,21)25(27(22,23)24,16-10-4-1-5-11-16,17-12-6-2-7-13-17)18-14-8-3-9-15-18;;/h1-15H,(H,19,20,21)(H,22,23,24);;/q;2*+1/p-2. The van der Waals surface area contributed by atoms with Crippen molar-refractivity contribution in [2.75, 3.05) is 0 Å². The van der Waals surface area contributed by atoms with Crippen LogP contribution in [0.3, 0.4) is 0 Å². The van der Waals surface area contributed by atoms with Gasteiger partial charge in [-0.15, -0.1) is 0 Å². The summed E-state index contributed by atoms with van der Waals surface area (Å²) < 4.78 is 77.7. The Balaban J connectivity index is 0.00000210. The molecule has 0 saturated heterocycles. The maximum atomic E-state index is 12.9. The number of benzene rings is 3. The van der Waals surface area contributed by atoms with Gasteiger partial charge in [0.25, 0.3) is 0 Å². The first-order valence-electron chi connectivity index (χ1n) is 7.77. The van der Waals surface area contributed by atoms with Gasteiger partial charge in [0.05, 0.1) is 0 Å². The molecule has 0 aliphatic carbocycles. The predicted octanol–water partition coefficient (Wildman–Crippen LogP) is -4.56. The van der Waals surface area contributed by atoms with E-state index in [1.807, 2.05) is 0 Å². The van der Waals surface area contributed by atoms with Gasteiger partial charge in [0.2, 0.25) is 0 Å². The Hall–Kier alpha value is 1.18. The molecule has 3 aromatic carbocycles. The Labute approximate surface area is 255 Å². The molecule has 0 radical (unpaired) electrons. The van der Waals surface area contributed by atoms with Crippen LogP contribution in [-0.4, -0.2) is 25.9 Å². The van der Waals surface area contributed by atoms with Crippen LogP contribution in [0.15, 0.2) is 91.0 Å². The van der Waals surface area contributed by atoms with Crippen molar-refractivity contribution in [2.24, 2.45) is 0 Å². The largest absolute Gasteiger partial charge is 1.00 e. The molecule has 0 bridgehead atoms. The van der Waals surface area contributed by atoms with Crippen LogP contribution in [0, 0.1) is 0 Å². The third-order valence-corrected chi connectivity index (χ3v) is 22.1. The summed E-state index contributed by atoms with van der Waals surface area (Å²) >= 11 is 0. The number of rotatable bonds is 5. The summed E-state index contributed by atoms with van der Waals surface area (Å²) in [5.41, 5.74) is 0. The summed E-state index contributed by atoms with van der Waals surface area (Å²) in [7, 11) is -11.4. The topological polar surface area (TPSA) is 114 Å². The van der Waals surface area contributed by atoms with Gasteiger partial charge in [-0.3, -0.25) is 0 Å². The third kappa shape index (κ3) is 4.03. The average Bonchev–Trinajstić information content (AvgIpc) is 2.63. The van der Waals surface area contributed by atoms with Crippen molar-refractivity contribution in [1.29, 1.82) is 0 Å². The summed E-state index contributed by atoms with van der Waals surface area (Å²) in [6.45, 7) is 0. The molecule has 0 aliphatic heterocycles. The zero-order chi connectivity index (χ0) is 19.8. The van der Waals surface area contributed by atoms with Gasteiger partial charge < -0.3 is 0 Å². The molecule has 0 saturated carbocycles.